The second-order valence-corrected chi connectivity index (χ2v) is 5.19. The molecule has 1 N–H and O–H groups in total. The normalized spacial score (nSPS) is 14.4. The fourth-order valence-corrected chi connectivity index (χ4v) is 2.45. The summed E-state index contributed by atoms with van der Waals surface area (Å²) in [7, 11) is 0. The van der Waals surface area contributed by atoms with E-state index in [2.05, 4.69) is 0 Å². The summed E-state index contributed by atoms with van der Waals surface area (Å²) < 4.78 is 14.8. The van der Waals surface area contributed by atoms with Crippen molar-refractivity contribution < 1.29 is 9.50 Å². The van der Waals surface area contributed by atoms with Crippen LogP contribution in [0.2, 0.25) is 0 Å². The average molecular weight is 272 g/mol. The zero-order chi connectivity index (χ0) is 14.3. The Morgan fingerprint density at radius 1 is 1.45 bits per heavy atom. The highest BCUT2D eigenvalue weighted by Gasteiger charge is 2.22. The van der Waals surface area contributed by atoms with Crippen molar-refractivity contribution in [3.05, 3.63) is 39.9 Å². The summed E-state index contributed by atoms with van der Waals surface area (Å²) in [6.07, 6.45) is 3.21. The molecule has 1 aliphatic rings. The van der Waals surface area contributed by atoms with Gasteiger partial charge in [-0.15, -0.1) is 0 Å². The second-order valence-electron chi connectivity index (χ2n) is 5.19. The Balaban J connectivity index is 2.24. The number of hydrogen-bond acceptors (Lipinski definition) is 3. The Morgan fingerprint density at radius 3 is 2.85 bits per heavy atom. The molecule has 1 heterocycles. The number of aryl methyl sites for hydroxylation is 1. The molecule has 1 aliphatic carbocycles. The fraction of sp³-hybridized carbons (Fsp3) is 0.333. The van der Waals surface area contributed by atoms with Crippen LogP contribution < -0.4 is 5.56 Å². The predicted octanol–water partition coefficient (Wildman–Crippen LogP) is 2.52. The van der Waals surface area contributed by atoms with Crippen molar-refractivity contribution in [3.63, 3.8) is 0 Å². The van der Waals surface area contributed by atoms with Crippen LogP contribution in [0, 0.1) is 23.1 Å². The van der Waals surface area contributed by atoms with Crippen molar-refractivity contribution >= 4 is 10.9 Å². The number of benzene rings is 1. The molecule has 0 saturated heterocycles. The lowest BCUT2D eigenvalue weighted by atomic mass is 10.1. The van der Waals surface area contributed by atoms with Gasteiger partial charge in [-0.3, -0.25) is 4.79 Å². The molecule has 4 nitrogen and oxygen atoms in total. The number of nitrogens with zero attached hydrogens (tertiary/aromatic N) is 2. The maximum atomic E-state index is 13.3. The molecular formula is C15H13FN2O2. The standard InChI is InChI=1S/C15H13FN2O2/c16-10-3-4-13-11(7-10)14(19)12(8-17)15(20)18(13)6-5-9-1-2-9/h3-4,7,9,19H,1-2,5-6H2. The van der Waals surface area contributed by atoms with Gasteiger partial charge in [-0.05, 0) is 30.5 Å². The smallest absolute Gasteiger partial charge is 0.272 e. The van der Waals surface area contributed by atoms with Crippen LogP contribution in [0.3, 0.4) is 0 Å². The van der Waals surface area contributed by atoms with E-state index in [0.29, 0.717) is 18.0 Å². The third-order valence-electron chi connectivity index (χ3n) is 3.77. The maximum Gasteiger partial charge on any atom is 0.272 e. The second kappa shape index (κ2) is 4.64. The first-order chi connectivity index (χ1) is 9.61. The van der Waals surface area contributed by atoms with Crippen LogP contribution >= 0.6 is 0 Å². The van der Waals surface area contributed by atoms with E-state index in [1.165, 1.54) is 29.5 Å². The van der Waals surface area contributed by atoms with E-state index in [0.717, 1.165) is 12.5 Å². The summed E-state index contributed by atoms with van der Waals surface area (Å²) >= 11 is 0. The monoisotopic (exact) mass is 272 g/mol. The topological polar surface area (TPSA) is 66.0 Å². The minimum Gasteiger partial charge on any atom is -0.506 e. The van der Waals surface area contributed by atoms with Gasteiger partial charge in [0.25, 0.3) is 5.56 Å². The SMILES string of the molecule is N#Cc1c(O)c2cc(F)ccc2n(CCC2CC2)c1=O. The van der Waals surface area contributed by atoms with Crippen molar-refractivity contribution in [2.24, 2.45) is 5.92 Å². The third-order valence-corrected chi connectivity index (χ3v) is 3.77. The van der Waals surface area contributed by atoms with Gasteiger partial charge in [0.2, 0.25) is 0 Å². The molecule has 102 valence electrons. The first-order valence-electron chi connectivity index (χ1n) is 6.57. The van der Waals surface area contributed by atoms with E-state index in [9.17, 15) is 14.3 Å². The quantitative estimate of drug-likeness (QED) is 0.933. The molecule has 2 aromatic rings. The van der Waals surface area contributed by atoms with Gasteiger partial charge in [-0.1, -0.05) is 12.8 Å². The van der Waals surface area contributed by atoms with Crippen molar-refractivity contribution in [1.29, 1.82) is 5.26 Å². The number of nitriles is 1. The van der Waals surface area contributed by atoms with Crippen LogP contribution in [-0.2, 0) is 6.54 Å². The number of halogens is 1. The zero-order valence-electron chi connectivity index (χ0n) is 10.8. The van der Waals surface area contributed by atoms with Crippen LogP contribution in [0.4, 0.5) is 4.39 Å². The molecule has 1 fully saturated rings. The molecule has 0 atom stereocenters. The van der Waals surface area contributed by atoms with Crippen molar-refractivity contribution in [2.75, 3.05) is 0 Å². The largest absolute Gasteiger partial charge is 0.506 e. The summed E-state index contributed by atoms with van der Waals surface area (Å²) in [5.74, 6) is -0.310. The molecule has 1 aromatic heterocycles. The van der Waals surface area contributed by atoms with Crippen LogP contribution in [0.1, 0.15) is 24.8 Å². The minimum absolute atomic E-state index is 0.206. The highest BCUT2D eigenvalue weighted by molar-refractivity contribution is 5.87. The van der Waals surface area contributed by atoms with Gasteiger partial charge in [0.1, 0.15) is 17.6 Å². The number of pyridine rings is 1. The van der Waals surface area contributed by atoms with Gasteiger partial charge in [-0.2, -0.15) is 5.26 Å². The molecule has 0 radical (unpaired) electrons. The van der Waals surface area contributed by atoms with E-state index in [1.807, 2.05) is 0 Å². The van der Waals surface area contributed by atoms with E-state index < -0.39 is 17.1 Å². The molecule has 3 rings (SSSR count). The Bertz CT molecular complexity index is 785. The first kappa shape index (κ1) is 12.7. The maximum absolute atomic E-state index is 13.3. The molecule has 5 heteroatoms. The molecule has 0 amide bonds. The average Bonchev–Trinajstić information content (AvgIpc) is 3.24. The molecule has 1 saturated carbocycles. The van der Waals surface area contributed by atoms with Gasteiger partial charge in [0.15, 0.2) is 5.56 Å². The van der Waals surface area contributed by atoms with Crippen molar-refractivity contribution in [3.8, 4) is 11.8 Å². The van der Waals surface area contributed by atoms with Gasteiger partial charge in [0.05, 0.1) is 5.52 Å². The van der Waals surface area contributed by atoms with Crippen molar-refractivity contribution in [2.45, 2.75) is 25.8 Å². The number of fused-ring (bicyclic) bond motifs is 1. The van der Waals surface area contributed by atoms with E-state index in [4.69, 9.17) is 5.26 Å². The van der Waals surface area contributed by atoms with Crippen LogP contribution in [-0.4, -0.2) is 9.67 Å². The summed E-state index contributed by atoms with van der Waals surface area (Å²) in [6.45, 7) is 0.487. The lowest BCUT2D eigenvalue weighted by Gasteiger charge is -2.12. The zero-order valence-corrected chi connectivity index (χ0v) is 10.8. The van der Waals surface area contributed by atoms with Gasteiger partial charge in [0, 0.05) is 11.9 Å². The van der Waals surface area contributed by atoms with Crippen LogP contribution in [0.15, 0.2) is 23.0 Å². The molecule has 0 unspecified atom stereocenters. The van der Waals surface area contributed by atoms with Crippen LogP contribution in [0.25, 0.3) is 10.9 Å². The Kier molecular flexibility index (Phi) is 2.94. The Labute approximate surface area is 114 Å². The van der Waals surface area contributed by atoms with Crippen molar-refractivity contribution in [1.82, 2.24) is 4.57 Å². The molecule has 20 heavy (non-hydrogen) atoms. The molecule has 0 bridgehead atoms. The van der Waals surface area contributed by atoms with E-state index in [-0.39, 0.29) is 10.9 Å². The Morgan fingerprint density at radius 2 is 2.20 bits per heavy atom. The number of aromatic nitrogens is 1. The lowest BCUT2D eigenvalue weighted by Crippen LogP contribution is -2.23. The lowest BCUT2D eigenvalue weighted by molar-refractivity contribution is 0.475. The fourth-order valence-electron chi connectivity index (χ4n) is 2.45. The minimum atomic E-state index is -0.510. The number of hydrogen-bond donors (Lipinski definition) is 1. The highest BCUT2D eigenvalue weighted by atomic mass is 19.1. The molecule has 1 aromatic carbocycles. The number of rotatable bonds is 3. The summed E-state index contributed by atoms with van der Waals surface area (Å²) in [5, 5.41) is 19.2. The third kappa shape index (κ3) is 2.03. The summed E-state index contributed by atoms with van der Waals surface area (Å²) in [6, 6.07) is 5.59. The van der Waals surface area contributed by atoms with Crippen LogP contribution in [0.5, 0.6) is 5.75 Å². The highest BCUT2D eigenvalue weighted by Crippen LogP contribution is 2.33. The summed E-state index contributed by atoms with van der Waals surface area (Å²) in [5.41, 5.74) is -0.364. The van der Waals surface area contributed by atoms with E-state index >= 15 is 0 Å². The first-order valence-corrected chi connectivity index (χ1v) is 6.57. The molecule has 0 spiro atoms. The molecular weight excluding hydrogens is 259 g/mol. The van der Waals surface area contributed by atoms with Gasteiger partial charge in [-0.25, -0.2) is 4.39 Å². The van der Waals surface area contributed by atoms with Gasteiger partial charge < -0.3 is 9.67 Å². The predicted molar refractivity (Wildman–Crippen MR) is 71.9 cm³/mol. The Hall–Kier alpha value is -2.35. The molecule has 0 aliphatic heterocycles. The van der Waals surface area contributed by atoms with Gasteiger partial charge >= 0.3 is 0 Å². The number of aromatic hydroxyl groups is 1. The summed E-state index contributed by atoms with van der Waals surface area (Å²) in [4.78, 5) is 12.2. The van der Waals surface area contributed by atoms with E-state index in [1.54, 1.807) is 6.07 Å².